The maximum atomic E-state index is 11.1. The third kappa shape index (κ3) is 3.27. The van der Waals surface area contributed by atoms with Gasteiger partial charge in [0.05, 0.1) is 0 Å². The van der Waals surface area contributed by atoms with Crippen LogP contribution in [-0.4, -0.2) is 11.9 Å². The molecule has 1 rings (SSSR count). The second-order valence-corrected chi connectivity index (χ2v) is 2.92. The molecule has 0 fully saturated rings. The fourth-order valence-corrected chi connectivity index (χ4v) is 1.17. The van der Waals surface area contributed by atoms with Gasteiger partial charge in [0.15, 0.2) is 0 Å². The Bertz CT molecular complexity index is 242. The molecule has 0 amide bonds. The average molecular weight is 184 g/mol. The number of rotatable bonds is 1. The number of carbonyl (C=O) groups excluding carboxylic acids is 2. The fraction of sp³-hybridized carbons (Fsp3) is 0.556. The van der Waals surface area contributed by atoms with Crippen molar-refractivity contribution in [3.8, 4) is 0 Å². The second-order valence-electron chi connectivity index (χ2n) is 2.92. The van der Waals surface area contributed by atoms with E-state index in [0.29, 0.717) is 12.0 Å². The van der Waals surface area contributed by atoms with Crippen LogP contribution < -0.4 is 0 Å². The van der Waals surface area contributed by atoms with Gasteiger partial charge in [-0.25, -0.2) is 19.4 Å². The molecule has 0 aliphatic heterocycles. The lowest BCUT2D eigenvalue weighted by Gasteiger charge is -2.09. The number of carbonyl (C=O) groups is 2. The molecule has 0 unspecified atom stereocenters. The Balaban J connectivity index is 2.38. The number of hydrogen-bond acceptors (Lipinski definition) is 4. The van der Waals surface area contributed by atoms with E-state index in [-0.39, 0.29) is 0 Å². The van der Waals surface area contributed by atoms with Crippen molar-refractivity contribution in [3.05, 3.63) is 11.6 Å². The van der Waals surface area contributed by atoms with E-state index in [1.807, 2.05) is 6.08 Å². The second kappa shape index (κ2) is 4.64. The van der Waals surface area contributed by atoms with E-state index >= 15 is 0 Å². The first-order valence-electron chi connectivity index (χ1n) is 4.28. The lowest BCUT2D eigenvalue weighted by atomic mass is 10.00. The summed E-state index contributed by atoms with van der Waals surface area (Å²) in [6.07, 6.45) is 5.52. The summed E-state index contributed by atoms with van der Waals surface area (Å²) in [6.45, 7) is 1.18. The molecule has 0 aromatic heterocycles. The summed E-state index contributed by atoms with van der Waals surface area (Å²) in [5.41, 5.74) is 0.604. The molecule has 0 aromatic carbocycles. The molecular formula is C9H12O4. The minimum atomic E-state index is -0.621. The van der Waals surface area contributed by atoms with Gasteiger partial charge in [0.2, 0.25) is 0 Å². The van der Waals surface area contributed by atoms with Crippen molar-refractivity contribution in [2.24, 2.45) is 0 Å². The van der Waals surface area contributed by atoms with Gasteiger partial charge in [0.25, 0.3) is 0 Å². The third-order valence-corrected chi connectivity index (χ3v) is 1.79. The van der Waals surface area contributed by atoms with Gasteiger partial charge in [0, 0.05) is 12.5 Å². The van der Waals surface area contributed by atoms with Gasteiger partial charge in [-0.2, -0.15) is 0 Å². The molecule has 0 heterocycles. The van der Waals surface area contributed by atoms with Crippen molar-refractivity contribution in [1.29, 1.82) is 0 Å². The molecule has 0 saturated carbocycles. The lowest BCUT2D eigenvalue weighted by Crippen LogP contribution is -2.12. The number of allylic oxidation sites excluding steroid dienone is 1. The zero-order valence-corrected chi connectivity index (χ0v) is 7.54. The van der Waals surface area contributed by atoms with Crippen LogP contribution in [0, 0.1) is 0 Å². The highest BCUT2D eigenvalue weighted by Gasteiger charge is 2.15. The fourth-order valence-electron chi connectivity index (χ4n) is 1.17. The maximum absolute atomic E-state index is 11.1. The Morgan fingerprint density at radius 3 is 2.62 bits per heavy atom. The van der Waals surface area contributed by atoms with Crippen LogP contribution in [0.4, 0.5) is 0 Å². The van der Waals surface area contributed by atoms with Crippen molar-refractivity contribution in [2.45, 2.75) is 32.6 Å². The third-order valence-electron chi connectivity index (χ3n) is 1.79. The van der Waals surface area contributed by atoms with Crippen LogP contribution in [0.25, 0.3) is 0 Å². The summed E-state index contributed by atoms with van der Waals surface area (Å²) in [5, 5.41) is 0. The highest BCUT2D eigenvalue weighted by Crippen LogP contribution is 2.18. The van der Waals surface area contributed by atoms with Crippen molar-refractivity contribution in [3.63, 3.8) is 0 Å². The van der Waals surface area contributed by atoms with Crippen LogP contribution in [0.3, 0.4) is 0 Å². The Morgan fingerprint density at radius 2 is 2.08 bits per heavy atom. The first kappa shape index (κ1) is 9.77. The minimum Gasteiger partial charge on any atom is -0.248 e. The van der Waals surface area contributed by atoms with E-state index in [2.05, 4.69) is 9.78 Å². The van der Waals surface area contributed by atoms with E-state index in [9.17, 15) is 9.59 Å². The SMILES string of the molecule is CC(=O)OOC(=O)C1=CCCCC1. The highest BCUT2D eigenvalue weighted by molar-refractivity contribution is 5.88. The van der Waals surface area contributed by atoms with Gasteiger partial charge in [-0.3, -0.25) is 0 Å². The van der Waals surface area contributed by atoms with Gasteiger partial charge in [0.1, 0.15) is 0 Å². The van der Waals surface area contributed by atoms with Gasteiger partial charge in [-0.1, -0.05) is 6.08 Å². The number of hydrogen-bond donors (Lipinski definition) is 0. The van der Waals surface area contributed by atoms with Crippen LogP contribution in [0.15, 0.2) is 11.6 Å². The van der Waals surface area contributed by atoms with Crippen molar-refractivity contribution in [2.75, 3.05) is 0 Å². The summed E-state index contributed by atoms with van der Waals surface area (Å²) < 4.78 is 0. The van der Waals surface area contributed by atoms with Crippen LogP contribution in [0.1, 0.15) is 32.6 Å². The summed E-state index contributed by atoms with van der Waals surface area (Å²) >= 11 is 0. The molecule has 0 saturated heterocycles. The average Bonchev–Trinajstić information content (AvgIpc) is 2.15. The molecular weight excluding hydrogens is 172 g/mol. The first-order valence-corrected chi connectivity index (χ1v) is 4.28. The van der Waals surface area contributed by atoms with Crippen LogP contribution in [0.5, 0.6) is 0 Å². The summed E-state index contributed by atoms with van der Waals surface area (Å²) in [6, 6.07) is 0. The largest absolute Gasteiger partial charge is 0.382 e. The normalized spacial score (nSPS) is 15.9. The predicted octanol–water partition coefficient (Wildman–Crippen LogP) is 1.51. The molecule has 1 aliphatic carbocycles. The van der Waals surface area contributed by atoms with Gasteiger partial charge in [-0.05, 0) is 25.7 Å². The molecule has 13 heavy (non-hydrogen) atoms. The van der Waals surface area contributed by atoms with Gasteiger partial charge >= 0.3 is 11.9 Å². The smallest absolute Gasteiger partial charge is 0.248 e. The molecule has 0 N–H and O–H groups in total. The molecule has 4 nitrogen and oxygen atoms in total. The Morgan fingerprint density at radius 1 is 1.31 bits per heavy atom. The van der Waals surface area contributed by atoms with E-state index in [0.717, 1.165) is 19.3 Å². The zero-order valence-electron chi connectivity index (χ0n) is 7.54. The zero-order chi connectivity index (χ0) is 9.68. The molecule has 72 valence electrons. The molecule has 0 spiro atoms. The summed E-state index contributed by atoms with van der Waals surface area (Å²) in [7, 11) is 0. The molecule has 0 radical (unpaired) electrons. The molecule has 0 atom stereocenters. The molecule has 1 aliphatic rings. The van der Waals surface area contributed by atoms with E-state index < -0.39 is 11.9 Å². The summed E-state index contributed by atoms with van der Waals surface area (Å²) in [4.78, 5) is 29.9. The van der Waals surface area contributed by atoms with Crippen molar-refractivity contribution >= 4 is 11.9 Å². The van der Waals surface area contributed by atoms with Gasteiger partial charge in [-0.15, -0.1) is 0 Å². The van der Waals surface area contributed by atoms with Gasteiger partial charge < -0.3 is 0 Å². The predicted molar refractivity (Wildman–Crippen MR) is 44.4 cm³/mol. The summed E-state index contributed by atoms with van der Waals surface area (Å²) in [5.74, 6) is -1.17. The molecule has 4 heteroatoms. The molecule has 0 bridgehead atoms. The van der Waals surface area contributed by atoms with Crippen molar-refractivity contribution < 1.29 is 19.4 Å². The lowest BCUT2D eigenvalue weighted by molar-refractivity contribution is -0.254. The first-order chi connectivity index (χ1) is 6.20. The van der Waals surface area contributed by atoms with Crippen molar-refractivity contribution in [1.82, 2.24) is 0 Å². The topological polar surface area (TPSA) is 52.6 Å². The van der Waals surface area contributed by atoms with E-state index in [4.69, 9.17) is 0 Å². The quantitative estimate of drug-likeness (QED) is 0.458. The van der Waals surface area contributed by atoms with Crippen LogP contribution in [-0.2, 0) is 19.4 Å². The van der Waals surface area contributed by atoms with E-state index in [1.165, 1.54) is 6.92 Å². The minimum absolute atomic E-state index is 0.546. The Kier molecular flexibility index (Phi) is 3.49. The maximum Gasteiger partial charge on any atom is 0.382 e. The van der Waals surface area contributed by atoms with Crippen LogP contribution in [0.2, 0.25) is 0 Å². The highest BCUT2D eigenvalue weighted by atomic mass is 17.2. The van der Waals surface area contributed by atoms with Crippen LogP contribution >= 0.6 is 0 Å². The Hall–Kier alpha value is -1.32. The molecule has 0 aromatic rings. The van der Waals surface area contributed by atoms with E-state index in [1.54, 1.807) is 0 Å². The standard InChI is InChI=1S/C9H12O4/c1-7(10)12-13-9(11)8-5-3-2-4-6-8/h5H,2-4,6H2,1H3. The Labute approximate surface area is 76.4 Å². The monoisotopic (exact) mass is 184 g/mol.